The first-order valence-corrected chi connectivity index (χ1v) is 8.54. The monoisotopic (exact) mass is 311 g/mol. The van der Waals surface area contributed by atoms with E-state index < -0.39 is 0 Å². The average Bonchev–Trinajstić information content (AvgIpc) is 3.09. The molecule has 0 spiro atoms. The molecule has 1 aliphatic rings. The van der Waals surface area contributed by atoms with Gasteiger partial charge in [-0.3, -0.25) is 9.48 Å². The molecule has 0 unspecified atom stereocenters. The first kappa shape index (κ1) is 15.8. The Bertz CT molecular complexity index is 613. The molecular formula is C19H25N3O. The van der Waals surface area contributed by atoms with Crippen LogP contribution in [-0.4, -0.2) is 34.2 Å². The van der Waals surface area contributed by atoms with Gasteiger partial charge in [0.05, 0.1) is 6.54 Å². The Labute approximate surface area is 138 Å². The van der Waals surface area contributed by atoms with Gasteiger partial charge < -0.3 is 4.90 Å². The van der Waals surface area contributed by atoms with Gasteiger partial charge in [0.25, 0.3) is 5.91 Å². The summed E-state index contributed by atoms with van der Waals surface area (Å²) < 4.78 is 1.88. The predicted molar refractivity (Wildman–Crippen MR) is 91.3 cm³/mol. The zero-order valence-corrected chi connectivity index (χ0v) is 13.8. The van der Waals surface area contributed by atoms with Crippen LogP contribution in [0.15, 0.2) is 42.7 Å². The summed E-state index contributed by atoms with van der Waals surface area (Å²) in [4.78, 5) is 14.4. The van der Waals surface area contributed by atoms with Crippen molar-refractivity contribution in [2.75, 3.05) is 13.6 Å². The molecule has 23 heavy (non-hydrogen) atoms. The number of hydrogen-bond acceptors (Lipinski definition) is 2. The normalized spacial score (nSPS) is 15.5. The molecule has 1 aliphatic carbocycles. The van der Waals surface area contributed by atoms with Crippen LogP contribution in [0.4, 0.5) is 0 Å². The molecule has 1 fully saturated rings. The van der Waals surface area contributed by atoms with Crippen LogP contribution in [0, 0.1) is 5.92 Å². The topological polar surface area (TPSA) is 38.1 Å². The first-order chi connectivity index (χ1) is 11.2. The van der Waals surface area contributed by atoms with Crippen LogP contribution in [0.2, 0.25) is 0 Å². The SMILES string of the molecule is CN(CC1CCCCC1)C(=O)c1ccc(Cn2cccn2)cc1. The van der Waals surface area contributed by atoms with Crippen molar-refractivity contribution in [3.8, 4) is 0 Å². The second-order valence-electron chi connectivity index (χ2n) is 6.59. The average molecular weight is 311 g/mol. The highest BCUT2D eigenvalue weighted by molar-refractivity contribution is 5.94. The van der Waals surface area contributed by atoms with Crippen LogP contribution >= 0.6 is 0 Å². The van der Waals surface area contributed by atoms with E-state index in [0.29, 0.717) is 5.92 Å². The fourth-order valence-corrected chi connectivity index (χ4v) is 3.39. The number of aromatic nitrogens is 2. The Morgan fingerprint density at radius 2 is 1.96 bits per heavy atom. The van der Waals surface area contributed by atoms with Gasteiger partial charge in [-0.2, -0.15) is 5.10 Å². The molecule has 3 rings (SSSR count). The summed E-state index contributed by atoms with van der Waals surface area (Å²) in [7, 11) is 1.93. The minimum atomic E-state index is 0.126. The number of carbonyl (C=O) groups excluding carboxylic acids is 1. The van der Waals surface area contributed by atoms with E-state index in [1.54, 1.807) is 6.20 Å². The molecular weight excluding hydrogens is 286 g/mol. The van der Waals surface area contributed by atoms with E-state index in [1.165, 1.54) is 32.1 Å². The summed E-state index contributed by atoms with van der Waals surface area (Å²) in [6.07, 6.45) is 10.2. The van der Waals surface area contributed by atoms with E-state index in [4.69, 9.17) is 0 Å². The summed E-state index contributed by atoms with van der Waals surface area (Å²) in [5.41, 5.74) is 1.92. The minimum Gasteiger partial charge on any atom is -0.341 e. The summed E-state index contributed by atoms with van der Waals surface area (Å²) in [6, 6.07) is 9.81. The largest absolute Gasteiger partial charge is 0.341 e. The maximum absolute atomic E-state index is 12.6. The van der Waals surface area contributed by atoms with Crippen molar-refractivity contribution in [2.45, 2.75) is 38.6 Å². The smallest absolute Gasteiger partial charge is 0.253 e. The van der Waals surface area contributed by atoms with E-state index in [9.17, 15) is 4.79 Å². The molecule has 1 aromatic heterocycles. The van der Waals surface area contributed by atoms with Gasteiger partial charge in [-0.1, -0.05) is 31.4 Å². The molecule has 1 saturated carbocycles. The summed E-state index contributed by atoms with van der Waals surface area (Å²) in [5.74, 6) is 0.804. The highest BCUT2D eigenvalue weighted by Crippen LogP contribution is 2.24. The van der Waals surface area contributed by atoms with Crippen molar-refractivity contribution in [3.63, 3.8) is 0 Å². The first-order valence-electron chi connectivity index (χ1n) is 8.54. The van der Waals surface area contributed by atoms with Crippen LogP contribution in [0.5, 0.6) is 0 Å². The zero-order valence-electron chi connectivity index (χ0n) is 13.8. The maximum Gasteiger partial charge on any atom is 0.253 e. The number of nitrogens with zero attached hydrogens (tertiary/aromatic N) is 3. The third kappa shape index (κ3) is 4.21. The van der Waals surface area contributed by atoms with Crippen LogP contribution in [0.25, 0.3) is 0 Å². The van der Waals surface area contributed by atoms with Gasteiger partial charge in [-0.25, -0.2) is 0 Å². The molecule has 1 heterocycles. The Hall–Kier alpha value is -2.10. The Morgan fingerprint density at radius 3 is 2.61 bits per heavy atom. The lowest BCUT2D eigenvalue weighted by Crippen LogP contribution is -2.32. The van der Waals surface area contributed by atoms with E-state index >= 15 is 0 Å². The number of hydrogen-bond donors (Lipinski definition) is 0. The van der Waals surface area contributed by atoms with Gasteiger partial charge in [0.15, 0.2) is 0 Å². The third-order valence-corrected chi connectivity index (χ3v) is 4.71. The molecule has 0 atom stereocenters. The predicted octanol–water partition coefficient (Wildman–Crippen LogP) is 3.58. The van der Waals surface area contributed by atoms with Gasteiger partial charge in [0.2, 0.25) is 0 Å². The van der Waals surface area contributed by atoms with E-state index in [2.05, 4.69) is 5.10 Å². The molecule has 0 saturated heterocycles. The number of amides is 1. The van der Waals surface area contributed by atoms with E-state index in [-0.39, 0.29) is 5.91 Å². The van der Waals surface area contributed by atoms with Crippen molar-refractivity contribution in [1.29, 1.82) is 0 Å². The minimum absolute atomic E-state index is 0.126. The van der Waals surface area contributed by atoms with E-state index in [1.807, 2.05) is 53.2 Å². The summed E-state index contributed by atoms with van der Waals surface area (Å²) in [6.45, 7) is 1.62. The summed E-state index contributed by atoms with van der Waals surface area (Å²) in [5, 5.41) is 4.20. The van der Waals surface area contributed by atoms with Gasteiger partial charge >= 0.3 is 0 Å². The molecule has 2 aromatic rings. The van der Waals surface area contributed by atoms with Crippen molar-refractivity contribution < 1.29 is 4.79 Å². The van der Waals surface area contributed by atoms with E-state index in [0.717, 1.165) is 24.2 Å². The molecule has 1 aromatic carbocycles. The fourth-order valence-electron chi connectivity index (χ4n) is 3.39. The molecule has 1 amide bonds. The second kappa shape index (κ2) is 7.44. The van der Waals surface area contributed by atoms with Gasteiger partial charge in [0, 0.05) is 31.5 Å². The van der Waals surface area contributed by atoms with Crippen molar-refractivity contribution in [1.82, 2.24) is 14.7 Å². The summed E-state index contributed by atoms with van der Waals surface area (Å²) >= 11 is 0. The highest BCUT2D eigenvalue weighted by atomic mass is 16.2. The second-order valence-corrected chi connectivity index (χ2v) is 6.59. The zero-order chi connectivity index (χ0) is 16.1. The number of benzene rings is 1. The molecule has 0 aliphatic heterocycles. The van der Waals surface area contributed by atoms with Gasteiger partial charge in [-0.15, -0.1) is 0 Å². The molecule has 0 radical (unpaired) electrons. The van der Waals surface area contributed by atoms with Crippen LogP contribution in [0.3, 0.4) is 0 Å². The van der Waals surface area contributed by atoms with Gasteiger partial charge in [-0.05, 0) is 42.5 Å². The van der Waals surface area contributed by atoms with Crippen molar-refractivity contribution in [3.05, 3.63) is 53.9 Å². The molecule has 0 N–H and O–H groups in total. The number of carbonyl (C=O) groups is 1. The highest BCUT2D eigenvalue weighted by Gasteiger charge is 2.19. The van der Waals surface area contributed by atoms with Crippen LogP contribution in [0.1, 0.15) is 48.0 Å². The van der Waals surface area contributed by atoms with Crippen LogP contribution in [-0.2, 0) is 6.54 Å². The molecule has 4 nitrogen and oxygen atoms in total. The van der Waals surface area contributed by atoms with Crippen LogP contribution < -0.4 is 0 Å². The van der Waals surface area contributed by atoms with Gasteiger partial charge in [0.1, 0.15) is 0 Å². The molecule has 122 valence electrons. The lowest BCUT2D eigenvalue weighted by molar-refractivity contribution is 0.0760. The van der Waals surface area contributed by atoms with Crippen molar-refractivity contribution >= 4 is 5.91 Å². The lowest BCUT2D eigenvalue weighted by Gasteiger charge is -2.27. The molecule has 4 heteroatoms. The Kier molecular flexibility index (Phi) is 5.11. The maximum atomic E-state index is 12.6. The standard InChI is InChI=1S/C19H25N3O/c1-21(14-16-6-3-2-4-7-16)19(23)18-10-8-17(9-11-18)15-22-13-5-12-20-22/h5,8-13,16H,2-4,6-7,14-15H2,1H3. The Balaban J connectivity index is 1.58. The number of rotatable bonds is 5. The van der Waals surface area contributed by atoms with Crippen molar-refractivity contribution in [2.24, 2.45) is 5.92 Å². The molecule has 0 bridgehead atoms. The quantitative estimate of drug-likeness (QED) is 0.846. The fraction of sp³-hybridized carbons (Fsp3) is 0.474. The third-order valence-electron chi connectivity index (χ3n) is 4.71. The lowest BCUT2D eigenvalue weighted by atomic mass is 9.89. The Morgan fingerprint density at radius 1 is 1.22 bits per heavy atom.